The average molecular weight is 341 g/mol. The van der Waals surface area contributed by atoms with Crippen LogP contribution in [0.2, 0.25) is 0 Å². The zero-order valence-corrected chi connectivity index (χ0v) is 12.2. The van der Waals surface area contributed by atoms with Crippen LogP contribution in [0.1, 0.15) is 24.8 Å². The first kappa shape index (κ1) is 12.5. The van der Waals surface area contributed by atoms with Gasteiger partial charge in [-0.2, -0.15) is 0 Å². The van der Waals surface area contributed by atoms with Crippen molar-refractivity contribution < 1.29 is 23.7 Å². The summed E-state index contributed by atoms with van der Waals surface area (Å²) >= 11 is 3.43. The van der Waals surface area contributed by atoms with Crippen LogP contribution < -0.4 is 4.74 Å². The Morgan fingerprint density at radius 2 is 2.20 bits per heavy atom. The standard InChI is InChI=1S/C14H13BrO5/c15-9-3-4-10-8(6-9)7-17-14(20-10)5-1-2-11-12(14)19-13(16)18-11/h3-4,6,11-12H,1-2,5,7H2/t11-,12-,14+/m1/s1. The van der Waals surface area contributed by atoms with Crippen molar-refractivity contribution in [1.29, 1.82) is 0 Å². The third kappa shape index (κ3) is 1.82. The molecule has 0 radical (unpaired) electrons. The van der Waals surface area contributed by atoms with E-state index in [-0.39, 0.29) is 6.10 Å². The summed E-state index contributed by atoms with van der Waals surface area (Å²) in [6.07, 6.45) is 0.978. The number of rotatable bonds is 0. The molecule has 2 fully saturated rings. The zero-order chi connectivity index (χ0) is 13.7. The number of hydrogen-bond donors (Lipinski definition) is 0. The van der Waals surface area contributed by atoms with Gasteiger partial charge < -0.3 is 18.9 Å². The van der Waals surface area contributed by atoms with Crippen molar-refractivity contribution in [3.05, 3.63) is 28.2 Å². The van der Waals surface area contributed by atoms with E-state index in [9.17, 15) is 4.79 Å². The lowest BCUT2D eigenvalue weighted by Crippen LogP contribution is -2.57. The van der Waals surface area contributed by atoms with Gasteiger partial charge in [-0.15, -0.1) is 0 Å². The summed E-state index contributed by atoms with van der Waals surface area (Å²) in [7, 11) is 0. The van der Waals surface area contributed by atoms with Gasteiger partial charge in [-0.3, -0.25) is 0 Å². The zero-order valence-electron chi connectivity index (χ0n) is 10.6. The van der Waals surface area contributed by atoms with Gasteiger partial charge in [-0.1, -0.05) is 15.9 Å². The maximum absolute atomic E-state index is 11.4. The maximum Gasteiger partial charge on any atom is 0.509 e. The molecule has 3 aliphatic rings. The van der Waals surface area contributed by atoms with Gasteiger partial charge in [0, 0.05) is 16.5 Å². The van der Waals surface area contributed by atoms with Gasteiger partial charge in [0.05, 0.1) is 6.61 Å². The lowest BCUT2D eigenvalue weighted by atomic mass is 9.88. The Balaban J connectivity index is 1.68. The summed E-state index contributed by atoms with van der Waals surface area (Å²) < 4.78 is 23.5. The first-order valence-electron chi connectivity index (χ1n) is 6.65. The summed E-state index contributed by atoms with van der Waals surface area (Å²) in [6.45, 7) is 0.440. The van der Waals surface area contributed by atoms with E-state index in [0.717, 1.165) is 28.6 Å². The number of carbonyl (C=O) groups is 1. The normalized spacial score (nSPS) is 34.8. The third-order valence-electron chi connectivity index (χ3n) is 4.03. The molecule has 1 aliphatic carbocycles. The fourth-order valence-electron chi connectivity index (χ4n) is 3.11. The van der Waals surface area contributed by atoms with E-state index in [0.29, 0.717) is 13.0 Å². The van der Waals surface area contributed by atoms with Crippen LogP contribution >= 0.6 is 15.9 Å². The molecule has 1 saturated carbocycles. The van der Waals surface area contributed by atoms with Crippen molar-refractivity contribution in [2.24, 2.45) is 0 Å². The van der Waals surface area contributed by atoms with E-state index in [1.165, 1.54) is 0 Å². The van der Waals surface area contributed by atoms with Crippen LogP contribution in [0.5, 0.6) is 5.75 Å². The third-order valence-corrected chi connectivity index (χ3v) is 4.53. The summed E-state index contributed by atoms with van der Waals surface area (Å²) in [6, 6.07) is 5.81. The van der Waals surface area contributed by atoms with Crippen LogP contribution in [0.4, 0.5) is 4.79 Å². The molecule has 1 spiro atoms. The molecule has 5 nitrogen and oxygen atoms in total. The van der Waals surface area contributed by atoms with E-state index >= 15 is 0 Å². The molecule has 1 aromatic carbocycles. The quantitative estimate of drug-likeness (QED) is 0.679. The molecule has 0 amide bonds. The summed E-state index contributed by atoms with van der Waals surface area (Å²) in [5, 5.41) is 0. The van der Waals surface area contributed by atoms with E-state index < -0.39 is 18.0 Å². The van der Waals surface area contributed by atoms with Gasteiger partial charge >= 0.3 is 6.16 Å². The van der Waals surface area contributed by atoms with Gasteiger partial charge in [0.1, 0.15) is 11.9 Å². The fraction of sp³-hybridized carbons (Fsp3) is 0.500. The predicted molar refractivity (Wildman–Crippen MR) is 71.3 cm³/mol. The Bertz CT molecular complexity index is 575. The molecule has 0 aromatic heterocycles. The lowest BCUT2D eigenvalue weighted by molar-refractivity contribution is -0.269. The Morgan fingerprint density at radius 1 is 1.30 bits per heavy atom. The number of hydrogen-bond acceptors (Lipinski definition) is 5. The molecule has 0 bridgehead atoms. The molecule has 3 atom stereocenters. The molecule has 0 unspecified atom stereocenters. The molecule has 2 aliphatic heterocycles. The first-order chi connectivity index (χ1) is 9.66. The molecule has 1 aromatic rings. The van der Waals surface area contributed by atoms with Crippen LogP contribution in [-0.4, -0.2) is 24.2 Å². The Kier molecular flexibility index (Phi) is 2.72. The SMILES string of the molecule is O=C1O[C@@H]2[C@@H](CCC[C@@]23OCc2cc(Br)ccc2O3)O1. The van der Waals surface area contributed by atoms with Crippen LogP contribution in [0.3, 0.4) is 0 Å². The van der Waals surface area contributed by atoms with Crippen molar-refractivity contribution in [2.45, 2.75) is 43.9 Å². The molecule has 4 rings (SSSR count). The summed E-state index contributed by atoms with van der Waals surface area (Å²) in [5.41, 5.74) is 0.984. The highest BCUT2D eigenvalue weighted by Gasteiger charge is 2.58. The Hall–Kier alpha value is -1.27. The van der Waals surface area contributed by atoms with Crippen LogP contribution in [-0.2, 0) is 20.8 Å². The minimum Gasteiger partial charge on any atom is -0.458 e. The molecule has 1 saturated heterocycles. The lowest BCUT2D eigenvalue weighted by Gasteiger charge is -2.44. The molecule has 0 N–H and O–H groups in total. The highest BCUT2D eigenvalue weighted by Crippen LogP contribution is 2.44. The van der Waals surface area contributed by atoms with E-state index in [2.05, 4.69) is 15.9 Å². The summed E-state index contributed by atoms with van der Waals surface area (Å²) in [4.78, 5) is 11.4. The molecular formula is C14H13BrO5. The number of halogens is 1. The summed E-state index contributed by atoms with van der Waals surface area (Å²) in [5.74, 6) is -0.126. The van der Waals surface area contributed by atoms with Crippen molar-refractivity contribution in [2.75, 3.05) is 0 Å². The molecule has 106 valence electrons. The highest BCUT2D eigenvalue weighted by atomic mass is 79.9. The van der Waals surface area contributed by atoms with E-state index in [4.69, 9.17) is 18.9 Å². The second kappa shape index (κ2) is 4.36. The first-order valence-corrected chi connectivity index (χ1v) is 7.44. The van der Waals surface area contributed by atoms with Crippen molar-refractivity contribution in [3.8, 4) is 5.75 Å². The highest BCUT2D eigenvalue weighted by molar-refractivity contribution is 9.10. The Morgan fingerprint density at radius 3 is 3.10 bits per heavy atom. The predicted octanol–water partition coefficient (Wildman–Crippen LogP) is 3.14. The average Bonchev–Trinajstić information content (AvgIpc) is 2.82. The number of fused-ring (bicyclic) bond motifs is 3. The second-order valence-corrected chi connectivity index (χ2v) is 6.21. The minimum absolute atomic E-state index is 0.270. The van der Waals surface area contributed by atoms with Crippen LogP contribution in [0.15, 0.2) is 22.7 Å². The van der Waals surface area contributed by atoms with Gasteiger partial charge in [-0.05, 0) is 31.0 Å². The number of benzene rings is 1. The molecular weight excluding hydrogens is 328 g/mol. The van der Waals surface area contributed by atoms with Crippen molar-refractivity contribution >= 4 is 22.1 Å². The van der Waals surface area contributed by atoms with E-state index in [1.807, 2.05) is 18.2 Å². The van der Waals surface area contributed by atoms with Crippen LogP contribution in [0.25, 0.3) is 0 Å². The molecule has 20 heavy (non-hydrogen) atoms. The van der Waals surface area contributed by atoms with Gasteiger partial charge in [-0.25, -0.2) is 4.79 Å². The Labute approximate surface area is 124 Å². The van der Waals surface area contributed by atoms with E-state index in [1.54, 1.807) is 0 Å². The maximum atomic E-state index is 11.4. The topological polar surface area (TPSA) is 54.0 Å². The monoisotopic (exact) mass is 340 g/mol. The molecule has 6 heteroatoms. The largest absolute Gasteiger partial charge is 0.509 e. The number of ether oxygens (including phenoxy) is 4. The van der Waals surface area contributed by atoms with Gasteiger partial charge in [0.2, 0.25) is 6.10 Å². The fourth-order valence-corrected chi connectivity index (χ4v) is 3.52. The van der Waals surface area contributed by atoms with Crippen molar-refractivity contribution in [3.63, 3.8) is 0 Å². The molecule has 2 heterocycles. The van der Waals surface area contributed by atoms with Crippen LogP contribution in [0, 0.1) is 0 Å². The second-order valence-electron chi connectivity index (χ2n) is 5.29. The van der Waals surface area contributed by atoms with Gasteiger partial charge in [0.15, 0.2) is 0 Å². The van der Waals surface area contributed by atoms with Gasteiger partial charge in [0.25, 0.3) is 5.79 Å². The minimum atomic E-state index is -0.907. The smallest absolute Gasteiger partial charge is 0.458 e. The van der Waals surface area contributed by atoms with Crippen molar-refractivity contribution in [1.82, 2.24) is 0 Å². The number of carbonyl (C=O) groups excluding carboxylic acids is 1.